The number of ether oxygens (including phenoxy) is 1. The van der Waals surface area contributed by atoms with Gasteiger partial charge in [-0.05, 0) is 61.0 Å². The number of nitrogens with zero attached hydrogens (tertiary/aromatic N) is 3. The average Bonchev–Trinajstić information content (AvgIpc) is 3.30. The van der Waals surface area contributed by atoms with Crippen LogP contribution in [-0.2, 0) is 13.0 Å². The maximum absolute atomic E-state index is 6.06. The van der Waals surface area contributed by atoms with Crippen LogP contribution in [0.2, 0.25) is 0 Å². The van der Waals surface area contributed by atoms with E-state index in [1.807, 2.05) is 54.9 Å². The molecular formula is C25H20BrN3O2S. The van der Waals surface area contributed by atoms with E-state index in [4.69, 9.17) is 9.15 Å². The Morgan fingerprint density at radius 2 is 1.94 bits per heavy atom. The molecule has 4 aromatic rings. The number of aliphatic imine (C=N–C) groups is 1. The molecule has 0 aliphatic carbocycles. The molecule has 0 N–H and O–H groups in total. The van der Waals surface area contributed by atoms with Crippen molar-refractivity contribution in [2.45, 2.75) is 19.4 Å². The summed E-state index contributed by atoms with van der Waals surface area (Å²) in [6.07, 6.45) is 7.90. The Balaban J connectivity index is 0.00000245. The number of hydrogen-bond acceptors (Lipinski definition) is 5. The van der Waals surface area contributed by atoms with Gasteiger partial charge in [0.1, 0.15) is 5.75 Å². The van der Waals surface area contributed by atoms with Crippen LogP contribution in [0.25, 0.3) is 22.8 Å². The summed E-state index contributed by atoms with van der Waals surface area (Å²) in [7, 11) is 0. The molecule has 7 heteroatoms. The molecule has 0 atom stereocenters. The van der Waals surface area contributed by atoms with Gasteiger partial charge in [0, 0.05) is 28.8 Å². The summed E-state index contributed by atoms with van der Waals surface area (Å²) in [5.41, 5.74) is 5.12. The van der Waals surface area contributed by atoms with Crippen LogP contribution in [0.15, 0.2) is 82.6 Å². The molecule has 0 bridgehead atoms. The second-order valence-electron chi connectivity index (χ2n) is 7.44. The predicted molar refractivity (Wildman–Crippen MR) is 122 cm³/mol. The molecule has 0 spiro atoms. The number of benzene rings is 2. The Labute approximate surface area is 202 Å². The van der Waals surface area contributed by atoms with Crippen LogP contribution >= 0.6 is 12.2 Å². The molecule has 0 saturated heterocycles. The maximum atomic E-state index is 6.06. The van der Waals surface area contributed by atoms with Gasteiger partial charge in [-0.1, -0.05) is 12.1 Å². The highest BCUT2D eigenvalue weighted by Crippen LogP contribution is 2.31. The largest absolute Gasteiger partial charge is 1.00 e. The third-order valence-electron chi connectivity index (χ3n) is 5.29. The molecule has 2 aromatic carbocycles. The molecule has 32 heavy (non-hydrogen) atoms. The van der Waals surface area contributed by atoms with Gasteiger partial charge in [-0.25, -0.2) is 9.55 Å². The number of oxazole rings is 1. The number of aryl methyl sites for hydroxylation is 1. The first kappa shape index (κ1) is 22.1. The van der Waals surface area contributed by atoms with Gasteiger partial charge in [0.15, 0.2) is 24.7 Å². The molecule has 0 unspecified atom stereocenters. The number of thiocarbonyl (C=S) groups is 1. The van der Waals surface area contributed by atoms with Gasteiger partial charge in [0.25, 0.3) is 0 Å². The topological polar surface area (TPSA) is 51.5 Å². The standard InChI is InChI=1S/C25H20N3O2S.BrH/c31-17-27-22-5-1-3-18(13-22)16-28-10-8-19(9-11-28)24-15-26-25(30-24)21-6-7-23-20(14-21)4-2-12-29-23;/h1,3,5-11,13-15H,2,4,12,16H2;1H/q+1;/p-1. The van der Waals surface area contributed by atoms with Crippen molar-refractivity contribution < 1.29 is 30.7 Å². The minimum Gasteiger partial charge on any atom is -1.00 e. The van der Waals surface area contributed by atoms with Crippen LogP contribution in [-0.4, -0.2) is 16.8 Å². The van der Waals surface area contributed by atoms with E-state index in [1.165, 1.54) is 5.56 Å². The fourth-order valence-electron chi connectivity index (χ4n) is 3.75. The molecule has 1 aliphatic rings. The van der Waals surface area contributed by atoms with E-state index < -0.39 is 0 Å². The van der Waals surface area contributed by atoms with Crippen LogP contribution < -0.4 is 26.3 Å². The lowest BCUT2D eigenvalue weighted by Gasteiger charge is -2.17. The molecule has 2 aromatic heterocycles. The maximum Gasteiger partial charge on any atom is 0.226 e. The van der Waals surface area contributed by atoms with Gasteiger partial charge in [-0.2, -0.15) is 4.99 Å². The molecule has 3 heterocycles. The summed E-state index contributed by atoms with van der Waals surface area (Å²) >= 11 is 4.69. The van der Waals surface area contributed by atoms with Crippen molar-refractivity contribution in [1.82, 2.24) is 4.98 Å². The Kier molecular flexibility index (Phi) is 6.90. The van der Waals surface area contributed by atoms with E-state index in [0.29, 0.717) is 5.89 Å². The molecule has 160 valence electrons. The quantitative estimate of drug-likeness (QED) is 0.237. The van der Waals surface area contributed by atoms with E-state index in [2.05, 4.69) is 44.1 Å². The second kappa shape index (κ2) is 10.0. The zero-order chi connectivity index (χ0) is 21.0. The summed E-state index contributed by atoms with van der Waals surface area (Å²) in [4.78, 5) is 8.53. The molecule has 0 radical (unpaired) electrons. The minimum absolute atomic E-state index is 0. The normalized spacial score (nSPS) is 12.1. The van der Waals surface area contributed by atoms with Gasteiger partial charge in [-0.15, -0.1) is 0 Å². The van der Waals surface area contributed by atoms with Gasteiger partial charge < -0.3 is 26.1 Å². The molecule has 1 aliphatic heterocycles. The fourth-order valence-corrected chi connectivity index (χ4v) is 3.85. The first-order valence-corrected chi connectivity index (χ1v) is 10.6. The zero-order valence-corrected chi connectivity index (χ0v) is 19.6. The number of hydrogen-bond donors (Lipinski definition) is 0. The van der Waals surface area contributed by atoms with Crippen molar-refractivity contribution in [2.24, 2.45) is 4.99 Å². The highest BCUT2D eigenvalue weighted by Gasteiger charge is 2.15. The number of halogens is 1. The zero-order valence-electron chi connectivity index (χ0n) is 17.2. The second-order valence-corrected chi connectivity index (χ2v) is 7.62. The van der Waals surface area contributed by atoms with E-state index in [0.717, 1.165) is 59.9 Å². The van der Waals surface area contributed by atoms with Crippen LogP contribution in [0.4, 0.5) is 5.69 Å². The van der Waals surface area contributed by atoms with E-state index in [1.54, 1.807) is 6.20 Å². The Hall–Kier alpha value is -3.12. The number of pyridine rings is 1. The lowest BCUT2D eigenvalue weighted by atomic mass is 10.0. The highest BCUT2D eigenvalue weighted by molar-refractivity contribution is 7.78. The van der Waals surface area contributed by atoms with Crippen molar-refractivity contribution in [1.29, 1.82) is 0 Å². The molecule has 0 saturated carbocycles. The van der Waals surface area contributed by atoms with Gasteiger partial charge in [0.2, 0.25) is 5.89 Å². The minimum atomic E-state index is 0. The summed E-state index contributed by atoms with van der Waals surface area (Å²) in [6.45, 7) is 1.52. The first-order valence-electron chi connectivity index (χ1n) is 10.2. The summed E-state index contributed by atoms with van der Waals surface area (Å²) in [5, 5.41) is 2.41. The van der Waals surface area contributed by atoms with Crippen LogP contribution in [0.3, 0.4) is 0 Å². The third-order valence-corrected chi connectivity index (χ3v) is 5.38. The summed E-state index contributed by atoms with van der Waals surface area (Å²) in [6, 6.07) is 18.1. The number of aromatic nitrogens is 2. The predicted octanol–water partition coefficient (Wildman–Crippen LogP) is 2.41. The highest BCUT2D eigenvalue weighted by atomic mass is 79.9. The average molecular weight is 506 g/mol. The SMILES string of the molecule is S=C=Nc1cccc(C[n+]2ccc(-c3cnc(-c4ccc5c(c4)CCCO5)o3)cc2)c1.[Br-]. The van der Waals surface area contributed by atoms with E-state index in [9.17, 15) is 0 Å². The van der Waals surface area contributed by atoms with E-state index in [-0.39, 0.29) is 17.0 Å². The summed E-state index contributed by atoms with van der Waals surface area (Å²) < 4.78 is 13.9. The third kappa shape index (κ3) is 4.86. The Morgan fingerprint density at radius 3 is 2.78 bits per heavy atom. The van der Waals surface area contributed by atoms with Crippen molar-refractivity contribution >= 4 is 23.1 Å². The molecule has 5 rings (SSSR count). The van der Waals surface area contributed by atoms with Gasteiger partial charge >= 0.3 is 0 Å². The lowest BCUT2D eigenvalue weighted by molar-refractivity contribution is -0.688. The molecule has 0 fully saturated rings. The number of isothiocyanates is 1. The molecule has 0 amide bonds. The van der Waals surface area contributed by atoms with E-state index >= 15 is 0 Å². The van der Waals surface area contributed by atoms with Crippen LogP contribution in [0.1, 0.15) is 17.5 Å². The lowest BCUT2D eigenvalue weighted by Crippen LogP contribution is -3.00. The Bertz CT molecular complexity index is 1280. The first-order chi connectivity index (χ1) is 15.3. The molecule has 5 nitrogen and oxygen atoms in total. The monoisotopic (exact) mass is 505 g/mol. The van der Waals surface area contributed by atoms with Crippen molar-refractivity contribution in [3.8, 4) is 28.5 Å². The van der Waals surface area contributed by atoms with Crippen molar-refractivity contribution in [3.05, 3.63) is 84.3 Å². The molecular weight excluding hydrogens is 486 g/mol. The smallest absolute Gasteiger partial charge is 0.226 e. The summed E-state index contributed by atoms with van der Waals surface area (Å²) in [5.74, 6) is 2.33. The van der Waals surface area contributed by atoms with Gasteiger partial charge in [-0.3, -0.25) is 0 Å². The van der Waals surface area contributed by atoms with Crippen molar-refractivity contribution in [2.75, 3.05) is 6.61 Å². The number of fused-ring (bicyclic) bond motifs is 1. The van der Waals surface area contributed by atoms with Crippen molar-refractivity contribution in [3.63, 3.8) is 0 Å². The van der Waals surface area contributed by atoms with Crippen LogP contribution in [0.5, 0.6) is 5.75 Å². The number of rotatable bonds is 5. The Morgan fingerprint density at radius 1 is 1.06 bits per heavy atom. The van der Waals surface area contributed by atoms with Crippen LogP contribution in [0, 0.1) is 0 Å². The van der Waals surface area contributed by atoms with Gasteiger partial charge in [0.05, 0.1) is 23.7 Å². The fraction of sp³-hybridized carbons (Fsp3) is 0.160.